The Labute approximate surface area is 370 Å². The van der Waals surface area contributed by atoms with Crippen LogP contribution in [0.5, 0.6) is 0 Å². The van der Waals surface area contributed by atoms with Crippen LogP contribution in [0.3, 0.4) is 0 Å². The van der Waals surface area contributed by atoms with E-state index in [2.05, 4.69) is 39.6 Å². The predicted molar refractivity (Wildman–Crippen MR) is 252 cm³/mol. The molecule has 1 saturated heterocycles. The van der Waals surface area contributed by atoms with Crippen LogP contribution < -0.4 is 0 Å². The standard InChI is InChI=1S/C51H97NO6S/c1-6-10-14-24-32-45(33-25-15-11-7-2)56-49(53)38-30-22-18-20-28-36-47(58-51(55)44-59-48-40-42-52(5)43-41-48)37-29-21-19-23-31-39-50(54)57-46(34-26-16-12-8-3)35-27-17-13-9-4/h45-48H,6-44H2,1-5H3. The average Bonchev–Trinajstić information content (AvgIpc) is 3.22. The van der Waals surface area contributed by atoms with E-state index in [1.54, 1.807) is 11.8 Å². The van der Waals surface area contributed by atoms with Crippen molar-refractivity contribution in [3.63, 3.8) is 0 Å². The van der Waals surface area contributed by atoms with Gasteiger partial charge in [0.05, 0.1) is 5.75 Å². The maximum atomic E-state index is 13.0. The molecule has 1 rings (SSSR count). The van der Waals surface area contributed by atoms with Crippen LogP contribution in [0.15, 0.2) is 0 Å². The Morgan fingerprint density at radius 3 is 1.07 bits per heavy atom. The third kappa shape index (κ3) is 34.9. The van der Waals surface area contributed by atoms with Gasteiger partial charge in [0.25, 0.3) is 0 Å². The smallest absolute Gasteiger partial charge is 0.316 e. The first-order valence-corrected chi connectivity index (χ1v) is 26.7. The average molecular weight is 852 g/mol. The third-order valence-corrected chi connectivity index (χ3v) is 13.7. The van der Waals surface area contributed by atoms with Gasteiger partial charge in [0.15, 0.2) is 0 Å². The Hall–Kier alpha value is -1.28. The normalized spacial score (nSPS) is 13.8. The fourth-order valence-electron chi connectivity index (χ4n) is 8.37. The van der Waals surface area contributed by atoms with E-state index >= 15 is 0 Å². The zero-order chi connectivity index (χ0) is 43.0. The number of thioether (sulfide) groups is 1. The molecule has 1 fully saturated rings. The monoisotopic (exact) mass is 852 g/mol. The summed E-state index contributed by atoms with van der Waals surface area (Å²) >= 11 is 1.78. The Balaban J connectivity index is 2.43. The molecule has 0 radical (unpaired) electrons. The maximum Gasteiger partial charge on any atom is 0.316 e. The van der Waals surface area contributed by atoms with Gasteiger partial charge in [-0.25, -0.2) is 0 Å². The van der Waals surface area contributed by atoms with Crippen LogP contribution in [0.1, 0.15) is 259 Å². The summed E-state index contributed by atoms with van der Waals surface area (Å²) in [4.78, 5) is 40.8. The molecule has 8 heteroatoms. The first kappa shape index (κ1) is 55.7. The fourth-order valence-corrected chi connectivity index (χ4v) is 9.36. The molecule has 0 aromatic carbocycles. The SMILES string of the molecule is CCCCCCC(CCCCCC)OC(=O)CCCCCCCC(CCCCCCCC(=O)OC(CCCCCC)CCCCCC)OC(=O)CSC1CCN(C)CC1. The minimum Gasteiger partial charge on any atom is -0.462 e. The molecule has 0 N–H and O–H groups in total. The van der Waals surface area contributed by atoms with E-state index in [0.29, 0.717) is 23.8 Å². The van der Waals surface area contributed by atoms with Gasteiger partial charge in [0, 0.05) is 18.1 Å². The number of rotatable bonds is 42. The number of hydrogen-bond donors (Lipinski definition) is 0. The second-order valence-electron chi connectivity index (χ2n) is 18.2. The molecule has 59 heavy (non-hydrogen) atoms. The van der Waals surface area contributed by atoms with Crippen molar-refractivity contribution in [2.45, 2.75) is 282 Å². The Morgan fingerprint density at radius 2 is 0.729 bits per heavy atom. The highest BCUT2D eigenvalue weighted by atomic mass is 32.2. The third-order valence-electron chi connectivity index (χ3n) is 12.3. The highest BCUT2D eigenvalue weighted by Gasteiger charge is 2.21. The topological polar surface area (TPSA) is 82.1 Å². The molecule has 0 unspecified atom stereocenters. The predicted octanol–water partition coefficient (Wildman–Crippen LogP) is 14.9. The minimum absolute atomic E-state index is 0.0130. The van der Waals surface area contributed by atoms with E-state index < -0.39 is 0 Å². The quantitative estimate of drug-likeness (QED) is 0.0341. The number of hydrogen-bond acceptors (Lipinski definition) is 8. The van der Waals surface area contributed by atoms with Crippen molar-refractivity contribution in [3.05, 3.63) is 0 Å². The van der Waals surface area contributed by atoms with Gasteiger partial charge >= 0.3 is 17.9 Å². The molecule has 1 aliphatic heterocycles. The Bertz CT molecular complexity index is 892. The largest absolute Gasteiger partial charge is 0.462 e. The molecule has 0 amide bonds. The van der Waals surface area contributed by atoms with Gasteiger partial charge < -0.3 is 19.1 Å². The second-order valence-corrected chi connectivity index (χ2v) is 19.4. The molecule has 0 aromatic rings. The summed E-state index contributed by atoms with van der Waals surface area (Å²) in [6.45, 7) is 11.2. The van der Waals surface area contributed by atoms with Gasteiger partial charge in [0.1, 0.15) is 18.3 Å². The van der Waals surface area contributed by atoms with Crippen molar-refractivity contribution in [2.24, 2.45) is 0 Å². The van der Waals surface area contributed by atoms with Crippen molar-refractivity contribution in [3.8, 4) is 0 Å². The van der Waals surface area contributed by atoms with Crippen molar-refractivity contribution in [1.82, 2.24) is 4.90 Å². The molecule has 0 bridgehead atoms. The lowest BCUT2D eigenvalue weighted by molar-refractivity contribution is -0.151. The summed E-state index contributed by atoms with van der Waals surface area (Å²) in [6.07, 6.45) is 39.2. The van der Waals surface area contributed by atoms with Crippen molar-refractivity contribution in [2.75, 3.05) is 25.9 Å². The summed E-state index contributed by atoms with van der Waals surface area (Å²) < 4.78 is 18.1. The van der Waals surface area contributed by atoms with Gasteiger partial charge in [-0.15, -0.1) is 11.8 Å². The van der Waals surface area contributed by atoms with E-state index in [4.69, 9.17) is 14.2 Å². The van der Waals surface area contributed by atoms with Crippen LogP contribution in [0, 0.1) is 0 Å². The molecule has 7 nitrogen and oxygen atoms in total. The number of nitrogens with zero attached hydrogens (tertiary/aromatic N) is 1. The zero-order valence-corrected chi connectivity index (χ0v) is 40.5. The molecule has 0 spiro atoms. The lowest BCUT2D eigenvalue weighted by Gasteiger charge is -2.28. The van der Waals surface area contributed by atoms with Crippen molar-refractivity contribution >= 4 is 29.7 Å². The first-order valence-electron chi connectivity index (χ1n) is 25.7. The van der Waals surface area contributed by atoms with Crippen molar-refractivity contribution < 1.29 is 28.6 Å². The summed E-state index contributed by atoms with van der Waals surface area (Å²) in [7, 11) is 2.17. The Morgan fingerprint density at radius 1 is 0.441 bits per heavy atom. The lowest BCUT2D eigenvalue weighted by Crippen LogP contribution is -2.32. The number of piperidine rings is 1. The summed E-state index contributed by atoms with van der Waals surface area (Å²) in [5.41, 5.74) is 0. The molecule has 0 saturated carbocycles. The molecule has 1 heterocycles. The molecule has 0 atom stereocenters. The maximum absolute atomic E-state index is 13.0. The van der Waals surface area contributed by atoms with Crippen LogP contribution in [0.2, 0.25) is 0 Å². The van der Waals surface area contributed by atoms with Gasteiger partial charge in [-0.05, 0) is 123 Å². The molecule has 0 aromatic heterocycles. The molecule has 348 valence electrons. The second kappa shape index (κ2) is 40.8. The molecular formula is C51H97NO6S. The van der Waals surface area contributed by atoms with Crippen LogP contribution >= 0.6 is 11.8 Å². The van der Waals surface area contributed by atoms with Gasteiger partial charge in [-0.3, -0.25) is 14.4 Å². The highest BCUT2D eigenvalue weighted by molar-refractivity contribution is 8.00. The minimum atomic E-state index is -0.0565. The molecule has 0 aliphatic carbocycles. The summed E-state index contributed by atoms with van der Waals surface area (Å²) in [5, 5.41) is 0.553. The fraction of sp³-hybridized carbons (Fsp3) is 0.941. The molecular weight excluding hydrogens is 755 g/mol. The summed E-state index contributed by atoms with van der Waals surface area (Å²) in [6, 6.07) is 0. The van der Waals surface area contributed by atoms with Crippen LogP contribution in [-0.4, -0.2) is 72.3 Å². The number of carbonyl (C=O) groups excluding carboxylic acids is 3. The number of unbranched alkanes of at least 4 members (excludes halogenated alkanes) is 20. The van der Waals surface area contributed by atoms with E-state index in [0.717, 1.165) is 154 Å². The van der Waals surface area contributed by atoms with E-state index in [1.165, 1.54) is 77.0 Å². The number of carbonyl (C=O) groups is 3. The van der Waals surface area contributed by atoms with Crippen LogP contribution in [0.4, 0.5) is 0 Å². The number of ether oxygens (including phenoxy) is 3. The highest BCUT2D eigenvalue weighted by Crippen LogP contribution is 2.25. The number of esters is 3. The van der Waals surface area contributed by atoms with Crippen LogP contribution in [-0.2, 0) is 28.6 Å². The number of likely N-dealkylation sites (tertiary alicyclic amines) is 1. The summed E-state index contributed by atoms with van der Waals surface area (Å²) in [5.74, 6) is 0.370. The van der Waals surface area contributed by atoms with E-state index in [-0.39, 0.29) is 36.2 Å². The van der Waals surface area contributed by atoms with E-state index in [9.17, 15) is 14.4 Å². The van der Waals surface area contributed by atoms with Crippen molar-refractivity contribution in [1.29, 1.82) is 0 Å². The van der Waals surface area contributed by atoms with Gasteiger partial charge in [-0.1, -0.05) is 143 Å². The van der Waals surface area contributed by atoms with Crippen LogP contribution in [0.25, 0.3) is 0 Å². The Kier molecular flexibility index (Phi) is 38.5. The zero-order valence-electron chi connectivity index (χ0n) is 39.7. The van der Waals surface area contributed by atoms with Gasteiger partial charge in [-0.2, -0.15) is 0 Å². The van der Waals surface area contributed by atoms with Gasteiger partial charge in [0.2, 0.25) is 0 Å². The molecule has 1 aliphatic rings. The lowest BCUT2D eigenvalue weighted by atomic mass is 10.0. The van der Waals surface area contributed by atoms with E-state index in [1.807, 2.05) is 0 Å². The first-order chi connectivity index (χ1) is 28.8.